The Morgan fingerprint density at radius 2 is 1.97 bits per heavy atom. The summed E-state index contributed by atoms with van der Waals surface area (Å²) in [4.78, 5) is 26.9. The molecule has 0 radical (unpaired) electrons. The summed E-state index contributed by atoms with van der Waals surface area (Å²) in [5, 5.41) is 3.83. The molecule has 0 spiro atoms. The molecule has 3 atom stereocenters. The highest BCUT2D eigenvalue weighted by atomic mass is 32.1. The van der Waals surface area contributed by atoms with E-state index >= 15 is 0 Å². The average Bonchev–Trinajstić information content (AvgIpc) is 2.75. The second-order valence-corrected chi connectivity index (χ2v) is 8.43. The third-order valence-corrected chi connectivity index (χ3v) is 6.29. The Morgan fingerprint density at radius 3 is 2.73 bits per heavy atom. The number of hydrogen-bond acceptors (Lipinski definition) is 4. The van der Waals surface area contributed by atoms with Gasteiger partial charge in [-0.1, -0.05) is 36.4 Å². The molecule has 1 N–H and O–H groups in total. The number of nitrogens with zero attached hydrogens (tertiary/aromatic N) is 2. The van der Waals surface area contributed by atoms with Crippen LogP contribution in [0.15, 0.2) is 53.3 Å². The topological polar surface area (TPSA) is 63.6 Å². The van der Waals surface area contributed by atoms with Crippen LogP contribution in [0.2, 0.25) is 0 Å². The highest BCUT2D eigenvalue weighted by Gasteiger charge is 2.36. The van der Waals surface area contributed by atoms with Crippen LogP contribution >= 0.6 is 12.2 Å². The standard InChI is InChI=1S/C23H27N3O3S/c1-2-29-22(28)19(12-16-7-4-3-5-8-16)24-23(30)25-13-17-11-18(15-25)20-9-6-10-21(27)26(20)14-17/h3-10,17-19H,2,11-15H2,1H3,(H,24,30)/t17-,18?,19?/m1/s1. The number of ether oxygens (including phenoxy) is 1. The zero-order valence-electron chi connectivity index (χ0n) is 17.1. The highest BCUT2D eigenvalue weighted by Crippen LogP contribution is 2.34. The zero-order valence-corrected chi connectivity index (χ0v) is 17.9. The minimum Gasteiger partial charge on any atom is -0.464 e. The normalized spacial score (nSPS) is 20.8. The van der Waals surface area contributed by atoms with Crippen molar-refractivity contribution >= 4 is 23.3 Å². The quantitative estimate of drug-likeness (QED) is 0.586. The number of esters is 1. The van der Waals surface area contributed by atoms with Crippen molar-refractivity contribution in [1.29, 1.82) is 0 Å². The molecule has 3 heterocycles. The Labute approximate surface area is 181 Å². The first-order valence-corrected chi connectivity index (χ1v) is 10.9. The van der Waals surface area contributed by atoms with E-state index in [9.17, 15) is 9.59 Å². The van der Waals surface area contributed by atoms with E-state index in [0.717, 1.165) is 37.3 Å². The number of thiocarbonyl (C=S) groups is 1. The molecule has 1 aromatic carbocycles. The maximum atomic E-state index is 12.6. The molecule has 7 heteroatoms. The summed E-state index contributed by atoms with van der Waals surface area (Å²) < 4.78 is 7.19. The summed E-state index contributed by atoms with van der Waals surface area (Å²) in [5.41, 5.74) is 2.20. The van der Waals surface area contributed by atoms with Gasteiger partial charge in [0, 0.05) is 43.7 Å². The lowest BCUT2D eigenvalue weighted by Gasteiger charge is -2.44. The maximum Gasteiger partial charge on any atom is 0.328 e. The van der Waals surface area contributed by atoms with E-state index in [-0.39, 0.29) is 17.4 Å². The molecule has 4 rings (SSSR count). The van der Waals surface area contributed by atoms with Crippen LogP contribution in [0, 0.1) is 5.92 Å². The molecule has 2 aromatic rings. The second-order valence-electron chi connectivity index (χ2n) is 8.05. The molecule has 2 aliphatic heterocycles. The van der Waals surface area contributed by atoms with Gasteiger partial charge in [-0.2, -0.15) is 0 Å². The summed E-state index contributed by atoms with van der Waals surface area (Å²) in [6.07, 6.45) is 1.58. The van der Waals surface area contributed by atoms with Crippen molar-refractivity contribution in [3.05, 3.63) is 70.1 Å². The number of hydrogen-bond donors (Lipinski definition) is 1. The fourth-order valence-electron chi connectivity index (χ4n) is 4.59. The third kappa shape index (κ3) is 4.41. The molecule has 6 nitrogen and oxygen atoms in total. The largest absolute Gasteiger partial charge is 0.464 e. The minimum absolute atomic E-state index is 0.0709. The first-order valence-electron chi connectivity index (χ1n) is 10.5. The molecule has 1 aromatic heterocycles. The summed E-state index contributed by atoms with van der Waals surface area (Å²) in [5.74, 6) is 0.338. The fraction of sp³-hybridized carbons (Fsp3) is 0.435. The van der Waals surface area contributed by atoms with Crippen LogP contribution in [0.1, 0.15) is 30.5 Å². The van der Waals surface area contributed by atoms with Gasteiger partial charge in [-0.15, -0.1) is 0 Å². The summed E-state index contributed by atoms with van der Waals surface area (Å²) in [7, 11) is 0. The monoisotopic (exact) mass is 425 g/mol. The van der Waals surface area contributed by atoms with E-state index in [1.165, 1.54) is 0 Å². The maximum absolute atomic E-state index is 12.6. The lowest BCUT2D eigenvalue weighted by atomic mass is 9.83. The number of carbonyl (C=O) groups is 1. The zero-order chi connectivity index (χ0) is 21.1. The summed E-state index contributed by atoms with van der Waals surface area (Å²) in [6, 6.07) is 14.8. The van der Waals surface area contributed by atoms with Gasteiger partial charge in [0.1, 0.15) is 6.04 Å². The van der Waals surface area contributed by atoms with E-state index in [1.807, 2.05) is 47.0 Å². The molecule has 158 valence electrons. The Bertz CT molecular complexity index is 975. The van der Waals surface area contributed by atoms with E-state index < -0.39 is 6.04 Å². The van der Waals surface area contributed by atoms with Crippen molar-refractivity contribution in [2.75, 3.05) is 19.7 Å². The van der Waals surface area contributed by atoms with Gasteiger partial charge in [0.05, 0.1) is 6.61 Å². The first-order chi connectivity index (χ1) is 14.5. The molecule has 2 bridgehead atoms. The molecular formula is C23H27N3O3S. The molecule has 30 heavy (non-hydrogen) atoms. The second kappa shape index (κ2) is 9.00. The number of piperidine rings is 1. The number of benzene rings is 1. The Balaban J connectivity index is 1.48. The first kappa shape index (κ1) is 20.6. The molecule has 0 aliphatic carbocycles. The third-order valence-electron chi connectivity index (χ3n) is 5.92. The van der Waals surface area contributed by atoms with Crippen molar-refractivity contribution in [2.24, 2.45) is 5.92 Å². The van der Waals surface area contributed by atoms with Gasteiger partial charge in [0.2, 0.25) is 0 Å². The van der Waals surface area contributed by atoms with Crippen LogP contribution in [-0.2, 0) is 22.5 Å². The number of nitrogens with one attached hydrogen (secondary N) is 1. The Kier molecular flexibility index (Phi) is 6.18. The van der Waals surface area contributed by atoms with Crippen molar-refractivity contribution in [3.63, 3.8) is 0 Å². The van der Waals surface area contributed by atoms with E-state index in [4.69, 9.17) is 17.0 Å². The molecular weight excluding hydrogens is 398 g/mol. The molecule has 2 unspecified atom stereocenters. The van der Waals surface area contributed by atoms with Gasteiger partial charge >= 0.3 is 5.97 Å². The van der Waals surface area contributed by atoms with Gasteiger partial charge in [0.25, 0.3) is 5.56 Å². The van der Waals surface area contributed by atoms with Crippen LogP contribution in [0.5, 0.6) is 0 Å². The summed E-state index contributed by atoms with van der Waals surface area (Å²) in [6.45, 7) is 4.38. The predicted molar refractivity (Wildman–Crippen MR) is 119 cm³/mol. The van der Waals surface area contributed by atoms with Gasteiger partial charge < -0.3 is 19.5 Å². The van der Waals surface area contributed by atoms with Crippen LogP contribution in [-0.4, -0.2) is 46.3 Å². The number of pyridine rings is 1. The van der Waals surface area contributed by atoms with Gasteiger partial charge in [-0.3, -0.25) is 4.79 Å². The predicted octanol–water partition coefficient (Wildman–Crippen LogP) is 2.32. The van der Waals surface area contributed by atoms with Crippen molar-refractivity contribution in [2.45, 2.75) is 38.3 Å². The number of fused-ring (bicyclic) bond motifs is 4. The van der Waals surface area contributed by atoms with E-state index in [2.05, 4.69) is 10.2 Å². The number of carbonyl (C=O) groups excluding carboxylic acids is 1. The average molecular weight is 426 g/mol. The van der Waals surface area contributed by atoms with Crippen LogP contribution < -0.4 is 10.9 Å². The lowest BCUT2D eigenvalue weighted by Crippen LogP contribution is -2.55. The van der Waals surface area contributed by atoms with Crippen molar-refractivity contribution < 1.29 is 9.53 Å². The minimum atomic E-state index is -0.531. The summed E-state index contributed by atoms with van der Waals surface area (Å²) >= 11 is 5.71. The van der Waals surface area contributed by atoms with Gasteiger partial charge in [0.15, 0.2) is 5.11 Å². The number of likely N-dealkylation sites (tertiary alicyclic amines) is 1. The Morgan fingerprint density at radius 1 is 1.17 bits per heavy atom. The highest BCUT2D eigenvalue weighted by molar-refractivity contribution is 7.80. The molecule has 1 fully saturated rings. The van der Waals surface area contributed by atoms with Crippen LogP contribution in [0.25, 0.3) is 0 Å². The van der Waals surface area contributed by atoms with Gasteiger partial charge in [-0.25, -0.2) is 4.79 Å². The molecule has 0 saturated carbocycles. The molecule has 1 saturated heterocycles. The lowest BCUT2D eigenvalue weighted by molar-refractivity contribution is -0.145. The van der Waals surface area contributed by atoms with Crippen LogP contribution in [0.3, 0.4) is 0 Å². The number of rotatable bonds is 5. The SMILES string of the molecule is CCOC(=O)C(Cc1ccccc1)NC(=S)N1CC2C[C@H](C1)Cn1c2cccc1=O. The van der Waals surface area contributed by atoms with Crippen molar-refractivity contribution in [3.8, 4) is 0 Å². The van der Waals surface area contributed by atoms with E-state index in [0.29, 0.717) is 24.1 Å². The van der Waals surface area contributed by atoms with E-state index in [1.54, 1.807) is 13.0 Å². The molecule has 2 aliphatic rings. The van der Waals surface area contributed by atoms with Crippen LogP contribution in [0.4, 0.5) is 0 Å². The Hall–Kier alpha value is -2.67. The smallest absolute Gasteiger partial charge is 0.328 e. The molecule has 0 amide bonds. The van der Waals surface area contributed by atoms with Crippen molar-refractivity contribution in [1.82, 2.24) is 14.8 Å². The van der Waals surface area contributed by atoms with Gasteiger partial charge in [-0.05, 0) is 43.1 Å². The number of aromatic nitrogens is 1. The fourth-order valence-corrected chi connectivity index (χ4v) is 4.88.